The van der Waals surface area contributed by atoms with Gasteiger partial charge in [0.1, 0.15) is 24.4 Å². The van der Waals surface area contributed by atoms with Crippen LogP contribution in [-0.4, -0.2) is 59.4 Å². The molecule has 2 aliphatic rings. The van der Waals surface area contributed by atoms with Crippen LogP contribution in [0.1, 0.15) is 31.1 Å². The van der Waals surface area contributed by atoms with Gasteiger partial charge in [0.2, 0.25) is 0 Å². The number of allylic oxidation sites excluding steroid dienone is 1. The Labute approximate surface area is 183 Å². The van der Waals surface area contributed by atoms with Crippen LogP contribution >= 0.6 is 22.7 Å². The molecule has 2 N–H and O–H groups in total. The maximum Gasteiger partial charge on any atom is 0.158 e. The highest BCUT2D eigenvalue weighted by molar-refractivity contribution is 7.21. The third-order valence-corrected chi connectivity index (χ3v) is 7.41. The highest BCUT2D eigenvalue weighted by Crippen LogP contribution is 2.33. The van der Waals surface area contributed by atoms with Crippen LogP contribution in [0.25, 0.3) is 15.8 Å². The van der Waals surface area contributed by atoms with Crippen LogP contribution in [0.2, 0.25) is 0 Å². The Morgan fingerprint density at radius 1 is 1.20 bits per heavy atom. The lowest BCUT2D eigenvalue weighted by Gasteiger charge is -2.46. The minimum Gasteiger partial charge on any atom is -0.388 e. The average molecular weight is 451 g/mol. The molecule has 6 atom stereocenters. The Kier molecular flexibility index (Phi) is 7.15. The van der Waals surface area contributed by atoms with Crippen LogP contribution in [0, 0.1) is 0 Å². The maximum atomic E-state index is 12.5. The van der Waals surface area contributed by atoms with Crippen LogP contribution in [-0.2, 0) is 19.0 Å². The van der Waals surface area contributed by atoms with E-state index >= 15 is 0 Å². The Morgan fingerprint density at radius 2 is 2.07 bits per heavy atom. The lowest BCUT2D eigenvalue weighted by Crippen LogP contribution is -2.62. The van der Waals surface area contributed by atoms with Crippen molar-refractivity contribution in [2.24, 2.45) is 0 Å². The summed E-state index contributed by atoms with van der Waals surface area (Å²) in [6.07, 6.45) is 0.253. The number of hydrogen-bond acceptors (Lipinski definition) is 8. The zero-order chi connectivity index (χ0) is 21.1. The number of fused-ring (bicyclic) bond motifs is 1. The number of aliphatic hydroxyl groups excluding tert-OH is 2. The molecule has 2 aromatic rings. The van der Waals surface area contributed by atoms with E-state index in [1.54, 1.807) is 28.7 Å². The van der Waals surface area contributed by atoms with E-state index in [-0.39, 0.29) is 18.8 Å². The van der Waals surface area contributed by atoms with Crippen molar-refractivity contribution >= 4 is 34.5 Å². The van der Waals surface area contributed by atoms with Gasteiger partial charge in [-0.25, -0.2) is 0 Å². The number of ketones is 1. The minimum absolute atomic E-state index is 0.0144. The van der Waals surface area contributed by atoms with E-state index < -0.39 is 36.8 Å². The molecule has 4 heterocycles. The smallest absolute Gasteiger partial charge is 0.158 e. The normalized spacial score (nSPS) is 31.7. The number of carbonyl (C=O) groups is 1. The molecule has 2 aliphatic heterocycles. The number of ether oxygens (including phenoxy) is 3. The van der Waals surface area contributed by atoms with Gasteiger partial charge in [-0.2, -0.15) is 0 Å². The quantitative estimate of drug-likeness (QED) is 0.629. The van der Waals surface area contributed by atoms with E-state index in [2.05, 4.69) is 6.07 Å². The molecule has 0 bridgehead atoms. The third kappa shape index (κ3) is 4.91. The molecular formula is C22H26O6S2. The summed E-state index contributed by atoms with van der Waals surface area (Å²) in [7, 11) is 0. The molecular weight excluding hydrogens is 424 g/mol. The van der Waals surface area contributed by atoms with Crippen molar-refractivity contribution in [2.75, 3.05) is 6.61 Å². The first kappa shape index (κ1) is 21.8. The van der Waals surface area contributed by atoms with Gasteiger partial charge in [-0.1, -0.05) is 19.4 Å². The van der Waals surface area contributed by atoms with Gasteiger partial charge < -0.3 is 24.4 Å². The van der Waals surface area contributed by atoms with E-state index in [9.17, 15) is 15.0 Å². The molecule has 0 radical (unpaired) electrons. The largest absolute Gasteiger partial charge is 0.388 e. The van der Waals surface area contributed by atoms with Crippen molar-refractivity contribution in [3.8, 4) is 9.75 Å². The third-order valence-electron chi connectivity index (χ3n) is 5.29. The van der Waals surface area contributed by atoms with Gasteiger partial charge in [0.15, 0.2) is 12.1 Å². The summed E-state index contributed by atoms with van der Waals surface area (Å²) < 4.78 is 17.2. The topological polar surface area (TPSA) is 85.2 Å². The highest BCUT2D eigenvalue weighted by atomic mass is 32.1. The second-order valence-corrected chi connectivity index (χ2v) is 9.59. The van der Waals surface area contributed by atoms with Crippen LogP contribution in [0.5, 0.6) is 0 Å². The number of rotatable bonds is 7. The first-order valence-electron chi connectivity index (χ1n) is 10.2. The first-order chi connectivity index (χ1) is 14.5. The van der Waals surface area contributed by atoms with E-state index in [1.165, 1.54) is 11.0 Å². The zero-order valence-corrected chi connectivity index (χ0v) is 18.3. The van der Waals surface area contributed by atoms with Gasteiger partial charge >= 0.3 is 0 Å². The average Bonchev–Trinajstić information content (AvgIpc) is 3.43. The summed E-state index contributed by atoms with van der Waals surface area (Å²) in [6.45, 7) is 2.30. The molecule has 8 heteroatoms. The van der Waals surface area contributed by atoms with Gasteiger partial charge in [0, 0.05) is 21.1 Å². The fraction of sp³-hybridized carbons (Fsp3) is 0.500. The van der Waals surface area contributed by atoms with Gasteiger partial charge in [0.05, 0.1) is 12.7 Å². The standard InChI is InChI=1S/C22H26O6S2/c1-2-4-19-26-12-16-22(28-19)21(25)20(24)15(27-16)11-13(23)6-7-14-8-9-18(30-14)17-5-3-10-29-17/h3,5-10,15-16,19-22,24-25H,2,4,11-12H2,1H3/b7-6+/t15-,16+,19?,20-,21+,22+/m0/s1. The lowest BCUT2D eigenvalue weighted by atomic mass is 9.92. The Balaban J connectivity index is 1.34. The van der Waals surface area contributed by atoms with Crippen molar-refractivity contribution in [1.82, 2.24) is 0 Å². The monoisotopic (exact) mass is 450 g/mol. The Bertz CT molecular complexity index is 859. The molecule has 1 unspecified atom stereocenters. The lowest BCUT2D eigenvalue weighted by molar-refractivity contribution is -0.325. The summed E-state index contributed by atoms with van der Waals surface area (Å²) in [6, 6.07) is 8.10. The second-order valence-electron chi connectivity index (χ2n) is 7.53. The summed E-state index contributed by atoms with van der Waals surface area (Å²) in [4.78, 5) is 15.8. The van der Waals surface area contributed by atoms with E-state index in [4.69, 9.17) is 14.2 Å². The first-order valence-corrected chi connectivity index (χ1v) is 11.9. The van der Waals surface area contributed by atoms with E-state index in [1.807, 2.05) is 30.5 Å². The van der Waals surface area contributed by atoms with E-state index in [0.29, 0.717) is 0 Å². The van der Waals surface area contributed by atoms with Crippen molar-refractivity contribution in [1.29, 1.82) is 0 Å². The van der Waals surface area contributed by atoms with Gasteiger partial charge in [0.25, 0.3) is 0 Å². The molecule has 2 aromatic heterocycles. The second kappa shape index (κ2) is 9.82. The molecule has 0 saturated carbocycles. The number of thiophene rings is 2. The number of hydrogen-bond donors (Lipinski definition) is 2. The summed E-state index contributed by atoms with van der Waals surface area (Å²) in [5.41, 5.74) is 0. The Morgan fingerprint density at radius 3 is 2.83 bits per heavy atom. The number of aliphatic hydroxyl groups is 2. The van der Waals surface area contributed by atoms with Crippen molar-refractivity contribution in [3.63, 3.8) is 0 Å². The van der Waals surface area contributed by atoms with Crippen molar-refractivity contribution < 1.29 is 29.2 Å². The summed E-state index contributed by atoms with van der Waals surface area (Å²) >= 11 is 3.30. The molecule has 4 rings (SSSR count). The molecule has 162 valence electrons. The Hall–Kier alpha value is -1.39. The molecule has 2 fully saturated rings. The van der Waals surface area contributed by atoms with Crippen molar-refractivity contribution in [3.05, 3.63) is 40.6 Å². The molecule has 0 aliphatic carbocycles. The minimum atomic E-state index is -1.18. The van der Waals surface area contributed by atoms with Gasteiger partial charge in [-0.15, -0.1) is 22.7 Å². The fourth-order valence-corrected chi connectivity index (χ4v) is 5.47. The van der Waals surface area contributed by atoms with Gasteiger partial charge in [-0.3, -0.25) is 4.79 Å². The molecule has 2 saturated heterocycles. The van der Waals surface area contributed by atoms with Crippen LogP contribution in [0.4, 0.5) is 0 Å². The molecule has 6 nitrogen and oxygen atoms in total. The fourth-order valence-electron chi connectivity index (χ4n) is 3.73. The number of carbonyl (C=O) groups excluding carboxylic acids is 1. The summed E-state index contributed by atoms with van der Waals surface area (Å²) in [5.74, 6) is -0.169. The van der Waals surface area contributed by atoms with Crippen LogP contribution in [0.3, 0.4) is 0 Å². The van der Waals surface area contributed by atoms with Crippen LogP contribution < -0.4 is 0 Å². The van der Waals surface area contributed by atoms with Gasteiger partial charge in [-0.05, 0) is 42.2 Å². The molecule has 30 heavy (non-hydrogen) atoms. The zero-order valence-electron chi connectivity index (χ0n) is 16.7. The SMILES string of the molecule is CCCC1OC[C@H]2O[C@@H](CC(=O)/C=C/c3ccc(-c4cccs4)s3)[C@H](O)[C@@H](O)[C@@H]2O1. The van der Waals surface area contributed by atoms with Crippen molar-refractivity contribution in [2.45, 2.75) is 63.0 Å². The maximum absolute atomic E-state index is 12.5. The molecule has 0 amide bonds. The molecule has 0 spiro atoms. The highest BCUT2D eigenvalue weighted by Gasteiger charge is 2.48. The summed E-state index contributed by atoms with van der Waals surface area (Å²) in [5, 5.41) is 23.0. The van der Waals surface area contributed by atoms with E-state index in [0.717, 1.165) is 22.6 Å². The molecule has 0 aromatic carbocycles. The predicted molar refractivity (Wildman–Crippen MR) is 116 cm³/mol. The predicted octanol–water partition coefficient (Wildman–Crippen LogP) is 3.48. The van der Waals surface area contributed by atoms with Crippen LogP contribution in [0.15, 0.2) is 35.7 Å².